The molecule has 0 bridgehead atoms. The average molecular weight is 317 g/mol. The third kappa shape index (κ3) is 3.71. The van der Waals surface area contributed by atoms with Gasteiger partial charge < -0.3 is 10.0 Å². The zero-order chi connectivity index (χ0) is 14.7. The Kier molecular flexibility index (Phi) is 5.01. The Morgan fingerprint density at radius 3 is 2.50 bits per heavy atom. The van der Waals surface area contributed by atoms with E-state index in [0.717, 1.165) is 24.0 Å². The molecule has 110 valence electrons. The number of thiophene rings is 1. The van der Waals surface area contributed by atoms with Gasteiger partial charge in [0, 0.05) is 37.6 Å². The van der Waals surface area contributed by atoms with E-state index in [1.165, 1.54) is 11.8 Å². The van der Waals surface area contributed by atoms with Gasteiger partial charge in [0.25, 0.3) is 0 Å². The third-order valence-electron chi connectivity index (χ3n) is 3.43. The summed E-state index contributed by atoms with van der Waals surface area (Å²) >= 11 is 7.46. The van der Waals surface area contributed by atoms with Crippen LogP contribution in [0.1, 0.15) is 11.8 Å². The molecule has 1 aromatic heterocycles. The van der Waals surface area contributed by atoms with E-state index in [2.05, 4.69) is 4.90 Å². The van der Waals surface area contributed by atoms with Gasteiger partial charge in [-0.15, -0.1) is 11.3 Å². The summed E-state index contributed by atoms with van der Waals surface area (Å²) in [5.41, 5.74) is 0. The van der Waals surface area contributed by atoms with Crippen LogP contribution in [0, 0.1) is 5.92 Å². The molecule has 1 N–H and O–H groups in total. The molecule has 1 saturated heterocycles. The number of aliphatic carboxylic acids is 1. The molecule has 0 spiro atoms. The van der Waals surface area contributed by atoms with Crippen molar-refractivity contribution >= 4 is 34.8 Å². The minimum absolute atomic E-state index is 0.295. The predicted molar refractivity (Wildman–Crippen MR) is 78.0 cm³/mol. The fourth-order valence-electron chi connectivity index (χ4n) is 2.16. The highest BCUT2D eigenvalue weighted by atomic mass is 35.5. The molecule has 1 amide bonds. The molecule has 1 fully saturated rings. The first-order valence-electron chi connectivity index (χ1n) is 6.45. The Bertz CT molecular complexity index is 498. The van der Waals surface area contributed by atoms with Crippen molar-refractivity contribution in [2.75, 3.05) is 26.2 Å². The van der Waals surface area contributed by atoms with Crippen LogP contribution in [0.25, 0.3) is 0 Å². The van der Waals surface area contributed by atoms with Gasteiger partial charge in [0.1, 0.15) is 5.92 Å². The quantitative estimate of drug-likeness (QED) is 0.860. The van der Waals surface area contributed by atoms with Crippen molar-refractivity contribution in [3.8, 4) is 0 Å². The molecular weight excluding hydrogens is 300 g/mol. The summed E-state index contributed by atoms with van der Waals surface area (Å²) in [5, 5.41) is 8.86. The fraction of sp³-hybridized carbons (Fsp3) is 0.538. The van der Waals surface area contributed by atoms with Gasteiger partial charge in [-0.2, -0.15) is 0 Å². The summed E-state index contributed by atoms with van der Waals surface area (Å²) in [6.45, 7) is 4.94. The second-order valence-corrected chi connectivity index (χ2v) is 6.67. The topological polar surface area (TPSA) is 60.9 Å². The minimum Gasteiger partial charge on any atom is -0.481 e. The molecule has 2 heterocycles. The van der Waals surface area contributed by atoms with Crippen molar-refractivity contribution in [2.24, 2.45) is 5.92 Å². The molecule has 1 aliphatic heterocycles. The number of hydrogen-bond donors (Lipinski definition) is 1. The molecule has 2 rings (SSSR count). The van der Waals surface area contributed by atoms with Crippen LogP contribution in [0.5, 0.6) is 0 Å². The lowest BCUT2D eigenvalue weighted by atomic mass is 10.1. The summed E-state index contributed by atoms with van der Waals surface area (Å²) in [6, 6.07) is 3.90. The number of nitrogens with zero attached hydrogens (tertiary/aromatic N) is 2. The molecule has 20 heavy (non-hydrogen) atoms. The fourth-order valence-corrected chi connectivity index (χ4v) is 3.29. The molecule has 5 nitrogen and oxygen atoms in total. The standard InChI is InChI=1S/C13H17ClN2O3S/c1-9(13(18)19)12(17)16-6-4-15(5-7-16)8-10-2-3-11(14)20-10/h2-3,9H,4-8H2,1H3,(H,18,19). The van der Waals surface area contributed by atoms with Gasteiger partial charge in [-0.3, -0.25) is 14.5 Å². The molecule has 7 heteroatoms. The number of amides is 1. The molecule has 0 aliphatic carbocycles. The van der Waals surface area contributed by atoms with Gasteiger partial charge in [0.15, 0.2) is 0 Å². The van der Waals surface area contributed by atoms with Gasteiger partial charge in [-0.25, -0.2) is 0 Å². The number of carboxylic acid groups (broad SMARTS) is 1. The Balaban J connectivity index is 1.83. The van der Waals surface area contributed by atoms with Crippen LogP contribution in [0.15, 0.2) is 12.1 Å². The Morgan fingerprint density at radius 2 is 2.00 bits per heavy atom. The van der Waals surface area contributed by atoms with Crippen LogP contribution in [-0.2, 0) is 16.1 Å². The van der Waals surface area contributed by atoms with Gasteiger partial charge in [-0.1, -0.05) is 11.6 Å². The molecule has 1 atom stereocenters. The number of carboxylic acids is 1. The number of carbonyl (C=O) groups excluding carboxylic acids is 1. The van der Waals surface area contributed by atoms with Crippen molar-refractivity contribution in [1.82, 2.24) is 9.80 Å². The summed E-state index contributed by atoms with van der Waals surface area (Å²) < 4.78 is 0.782. The molecule has 0 radical (unpaired) electrons. The largest absolute Gasteiger partial charge is 0.481 e. The lowest BCUT2D eigenvalue weighted by Gasteiger charge is -2.35. The van der Waals surface area contributed by atoms with Gasteiger partial charge in [0.05, 0.1) is 4.34 Å². The number of halogens is 1. The van der Waals surface area contributed by atoms with Gasteiger partial charge in [0.2, 0.25) is 5.91 Å². The average Bonchev–Trinajstić information content (AvgIpc) is 2.83. The van der Waals surface area contributed by atoms with Crippen molar-refractivity contribution in [1.29, 1.82) is 0 Å². The normalized spacial score (nSPS) is 18.0. The molecular formula is C13H17ClN2O3S. The van der Waals surface area contributed by atoms with Crippen LogP contribution < -0.4 is 0 Å². The highest BCUT2D eigenvalue weighted by molar-refractivity contribution is 7.16. The van der Waals surface area contributed by atoms with Gasteiger partial charge in [-0.05, 0) is 19.1 Å². The van der Waals surface area contributed by atoms with Crippen molar-refractivity contribution in [3.05, 3.63) is 21.3 Å². The highest BCUT2D eigenvalue weighted by Crippen LogP contribution is 2.23. The first-order valence-corrected chi connectivity index (χ1v) is 7.65. The van der Waals surface area contributed by atoms with E-state index < -0.39 is 11.9 Å². The molecule has 1 aliphatic rings. The third-order valence-corrected chi connectivity index (χ3v) is 4.65. The molecule has 1 aromatic rings. The van der Waals surface area contributed by atoms with E-state index in [9.17, 15) is 9.59 Å². The van der Waals surface area contributed by atoms with Crippen LogP contribution in [-0.4, -0.2) is 53.0 Å². The van der Waals surface area contributed by atoms with Crippen molar-refractivity contribution < 1.29 is 14.7 Å². The minimum atomic E-state index is -1.06. The molecule has 0 aromatic carbocycles. The van der Waals surface area contributed by atoms with Crippen LogP contribution in [0.3, 0.4) is 0 Å². The summed E-state index contributed by atoms with van der Waals surface area (Å²) in [5.74, 6) is -2.32. The SMILES string of the molecule is CC(C(=O)O)C(=O)N1CCN(Cc2ccc(Cl)s2)CC1. The summed E-state index contributed by atoms with van der Waals surface area (Å²) in [4.78, 5) is 27.8. The second-order valence-electron chi connectivity index (χ2n) is 4.87. The lowest BCUT2D eigenvalue weighted by molar-refractivity contribution is -0.151. The van der Waals surface area contributed by atoms with E-state index in [0.29, 0.717) is 13.1 Å². The maximum Gasteiger partial charge on any atom is 0.315 e. The van der Waals surface area contributed by atoms with Crippen LogP contribution in [0.4, 0.5) is 0 Å². The number of carbonyl (C=O) groups is 2. The van der Waals surface area contributed by atoms with E-state index in [-0.39, 0.29) is 5.91 Å². The van der Waals surface area contributed by atoms with Crippen molar-refractivity contribution in [2.45, 2.75) is 13.5 Å². The molecule has 0 saturated carbocycles. The van der Waals surface area contributed by atoms with E-state index >= 15 is 0 Å². The van der Waals surface area contributed by atoms with E-state index in [4.69, 9.17) is 16.7 Å². The maximum atomic E-state index is 11.9. The predicted octanol–water partition coefficient (Wildman–Crippen LogP) is 1.77. The number of rotatable bonds is 4. The Labute approximate surface area is 126 Å². The molecule has 1 unspecified atom stereocenters. The Hall–Kier alpha value is -1.11. The van der Waals surface area contributed by atoms with Crippen molar-refractivity contribution in [3.63, 3.8) is 0 Å². The van der Waals surface area contributed by atoms with Crippen LogP contribution in [0.2, 0.25) is 4.34 Å². The zero-order valence-corrected chi connectivity index (χ0v) is 12.8. The maximum absolute atomic E-state index is 11.9. The zero-order valence-electron chi connectivity index (χ0n) is 11.2. The second kappa shape index (κ2) is 6.56. The summed E-state index contributed by atoms with van der Waals surface area (Å²) in [7, 11) is 0. The number of piperazine rings is 1. The Morgan fingerprint density at radius 1 is 1.35 bits per heavy atom. The highest BCUT2D eigenvalue weighted by Gasteiger charge is 2.28. The smallest absolute Gasteiger partial charge is 0.315 e. The lowest BCUT2D eigenvalue weighted by Crippen LogP contribution is -2.50. The van der Waals surface area contributed by atoms with E-state index in [1.807, 2.05) is 12.1 Å². The van der Waals surface area contributed by atoms with Crippen LogP contribution >= 0.6 is 22.9 Å². The van der Waals surface area contributed by atoms with Gasteiger partial charge >= 0.3 is 5.97 Å². The first kappa shape index (κ1) is 15.3. The first-order chi connectivity index (χ1) is 9.47. The number of hydrogen-bond acceptors (Lipinski definition) is 4. The monoisotopic (exact) mass is 316 g/mol. The summed E-state index contributed by atoms with van der Waals surface area (Å²) in [6.07, 6.45) is 0. The van der Waals surface area contributed by atoms with E-state index in [1.54, 1.807) is 16.2 Å².